The Kier molecular flexibility index (Phi) is 4.65. The van der Waals surface area contributed by atoms with E-state index in [4.69, 9.17) is 0 Å². The lowest BCUT2D eigenvalue weighted by atomic mass is 9.97. The molecule has 3 rings (SSSR count). The van der Waals surface area contributed by atoms with Crippen molar-refractivity contribution < 1.29 is 4.79 Å². The van der Waals surface area contributed by atoms with Crippen molar-refractivity contribution in [3.05, 3.63) is 59.9 Å². The van der Waals surface area contributed by atoms with Crippen LogP contribution in [0.2, 0.25) is 0 Å². The van der Waals surface area contributed by atoms with Crippen molar-refractivity contribution in [3.63, 3.8) is 0 Å². The van der Waals surface area contributed by atoms with Gasteiger partial charge in [0.05, 0.1) is 11.0 Å². The lowest BCUT2D eigenvalue weighted by molar-refractivity contribution is -0.116. The normalized spacial score (nSPS) is 12.3. The van der Waals surface area contributed by atoms with E-state index in [2.05, 4.69) is 30.2 Å². The van der Waals surface area contributed by atoms with Gasteiger partial charge in [-0.25, -0.2) is 4.98 Å². The molecule has 0 spiro atoms. The molecule has 0 fully saturated rings. The van der Waals surface area contributed by atoms with Gasteiger partial charge < -0.3 is 9.88 Å². The molecule has 4 heteroatoms. The third kappa shape index (κ3) is 3.18. The largest absolute Gasteiger partial charge is 0.324 e. The van der Waals surface area contributed by atoms with Crippen LogP contribution < -0.4 is 5.32 Å². The maximum absolute atomic E-state index is 12.6. The fourth-order valence-electron chi connectivity index (χ4n) is 2.99. The van der Waals surface area contributed by atoms with E-state index in [9.17, 15) is 4.79 Å². The molecule has 0 saturated heterocycles. The van der Waals surface area contributed by atoms with Crippen LogP contribution in [-0.4, -0.2) is 15.5 Å². The first kappa shape index (κ1) is 16.2. The quantitative estimate of drug-likeness (QED) is 0.752. The Balaban J connectivity index is 1.82. The molecular formula is C20H23N3O. The second-order valence-corrected chi connectivity index (χ2v) is 6.18. The molecular weight excluding hydrogens is 298 g/mol. The summed E-state index contributed by atoms with van der Waals surface area (Å²) in [6.45, 7) is 6.53. The first-order valence-electron chi connectivity index (χ1n) is 8.40. The molecule has 0 aliphatic rings. The number of carbonyl (C=O) groups excluding carboxylic acids is 1. The third-order valence-corrected chi connectivity index (χ3v) is 4.53. The highest BCUT2D eigenvalue weighted by Crippen LogP contribution is 2.26. The zero-order valence-corrected chi connectivity index (χ0v) is 14.4. The number of carbonyl (C=O) groups is 1. The van der Waals surface area contributed by atoms with Crippen molar-refractivity contribution in [3.8, 4) is 0 Å². The highest BCUT2D eigenvalue weighted by molar-refractivity contribution is 5.92. The molecule has 1 aromatic heterocycles. The molecule has 0 unspecified atom stereocenters. The Morgan fingerprint density at radius 1 is 1.17 bits per heavy atom. The molecule has 124 valence electrons. The number of amides is 1. The van der Waals surface area contributed by atoms with Gasteiger partial charge in [0, 0.05) is 5.69 Å². The van der Waals surface area contributed by atoms with Crippen LogP contribution in [0.5, 0.6) is 0 Å². The number of aryl methyl sites for hydroxylation is 1. The van der Waals surface area contributed by atoms with Gasteiger partial charge in [0.2, 0.25) is 5.91 Å². The van der Waals surface area contributed by atoms with Gasteiger partial charge in [-0.2, -0.15) is 0 Å². The number of benzene rings is 2. The van der Waals surface area contributed by atoms with E-state index >= 15 is 0 Å². The van der Waals surface area contributed by atoms with Gasteiger partial charge in [-0.3, -0.25) is 4.79 Å². The fraction of sp³-hybridized carbons (Fsp3) is 0.300. The minimum absolute atomic E-state index is 0.0305. The predicted octanol–water partition coefficient (Wildman–Crippen LogP) is 4.50. The maximum Gasteiger partial charge on any atom is 0.244 e. The molecule has 0 aliphatic heterocycles. The summed E-state index contributed by atoms with van der Waals surface area (Å²) in [6.07, 6.45) is 1.04. The van der Waals surface area contributed by atoms with E-state index < -0.39 is 0 Å². The molecule has 1 atom stereocenters. The second kappa shape index (κ2) is 6.87. The Labute approximate surface area is 142 Å². The number of nitrogens with one attached hydrogen (secondary N) is 1. The number of fused-ring (bicyclic) bond motifs is 1. The van der Waals surface area contributed by atoms with Gasteiger partial charge in [0.25, 0.3) is 0 Å². The zero-order valence-electron chi connectivity index (χ0n) is 14.4. The van der Waals surface area contributed by atoms with E-state index in [1.807, 2.05) is 54.0 Å². The van der Waals surface area contributed by atoms with E-state index in [1.165, 1.54) is 5.56 Å². The minimum Gasteiger partial charge on any atom is -0.324 e. The van der Waals surface area contributed by atoms with Crippen LogP contribution in [0.25, 0.3) is 11.0 Å². The van der Waals surface area contributed by atoms with Crippen molar-refractivity contribution >= 4 is 22.6 Å². The van der Waals surface area contributed by atoms with Crippen LogP contribution in [0, 0.1) is 6.92 Å². The van der Waals surface area contributed by atoms with Crippen LogP contribution in [0.1, 0.15) is 37.6 Å². The van der Waals surface area contributed by atoms with Crippen LogP contribution in [0.3, 0.4) is 0 Å². The number of hydrogen-bond donors (Lipinski definition) is 1. The van der Waals surface area contributed by atoms with E-state index in [-0.39, 0.29) is 12.5 Å². The maximum atomic E-state index is 12.6. The van der Waals surface area contributed by atoms with E-state index in [0.29, 0.717) is 5.92 Å². The summed E-state index contributed by atoms with van der Waals surface area (Å²) in [5, 5.41) is 3.07. The summed E-state index contributed by atoms with van der Waals surface area (Å²) in [5.74, 6) is 1.23. The lowest BCUT2D eigenvalue weighted by Crippen LogP contribution is -2.20. The van der Waals surface area contributed by atoms with Crippen molar-refractivity contribution in [1.82, 2.24) is 9.55 Å². The highest BCUT2D eigenvalue weighted by Gasteiger charge is 2.14. The van der Waals surface area contributed by atoms with Gasteiger partial charge in [-0.1, -0.05) is 44.2 Å². The summed E-state index contributed by atoms with van der Waals surface area (Å²) < 4.78 is 1.95. The van der Waals surface area contributed by atoms with Crippen molar-refractivity contribution in [1.29, 1.82) is 0 Å². The summed E-state index contributed by atoms with van der Waals surface area (Å²) in [6, 6.07) is 15.9. The molecule has 2 aromatic carbocycles. The molecule has 3 aromatic rings. The van der Waals surface area contributed by atoms with Crippen LogP contribution in [0.15, 0.2) is 48.5 Å². The number of rotatable bonds is 5. The average Bonchev–Trinajstić information content (AvgIpc) is 2.90. The smallest absolute Gasteiger partial charge is 0.244 e. The Bertz CT molecular complexity index is 866. The van der Waals surface area contributed by atoms with Crippen LogP contribution >= 0.6 is 0 Å². The summed E-state index contributed by atoms with van der Waals surface area (Å²) in [5.41, 5.74) is 3.99. The fourth-order valence-corrected chi connectivity index (χ4v) is 2.99. The van der Waals surface area contributed by atoms with Gasteiger partial charge >= 0.3 is 0 Å². The Hall–Kier alpha value is -2.62. The molecule has 0 aliphatic carbocycles. The molecule has 0 bridgehead atoms. The number of nitrogens with zero attached hydrogens (tertiary/aromatic N) is 2. The summed E-state index contributed by atoms with van der Waals surface area (Å²) >= 11 is 0. The second-order valence-electron chi connectivity index (χ2n) is 6.18. The number of anilines is 1. The molecule has 4 nitrogen and oxygen atoms in total. The van der Waals surface area contributed by atoms with Crippen molar-refractivity contribution in [2.24, 2.45) is 0 Å². The number of para-hydroxylation sites is 3. The van der Waals surface area contributed by atoms with Crippen LogP contribution in [-0.2, 0) is 11.3 Å². The van der Waals surface area contributed by atoms with Gasteiger partial charge in [0.15, 0.2) is 0 Å². The molecule has 1 heterocycles. The number of aromatic nitrogens is 2. The summed E-state index contributed by atoms with van der Waals surface area (Å²) in [4.78, 5) is 17.1. The highest BCUT2D eigenvalue weighted by atomic mass is 16.1. The molecule has 24 heavy (non-hydrogen) atoms. The molecule has 1 N–H and O–H groups in total. The lowest BCUT2D eigenvalue weighted by Gasteiger charge is -2.16. The molecule has 0 saturated carbocycles. The Morgan fingerprint density at radius 3 is 2.67 bits per heavy atom. The molecule has 0 radical (unpaired) electrons. The van der Waals surface area contributed by atoms with E-state index in [0.717, 1.165) is 29.0 Å². The van der Waals surface area contributed by atoms with E-state index in [1.54, 1.807) is 0 Å². The minimum atomic E-state index is -0.0305. The number of imidazole rings is 1. The Morgan fingerprint density at radius 2 is 1.88 bits per heavy atom. The first-order chi connectivity index (χ1) is 11.6. The first-order valence-corrected chi connectivity index (χ1v) is 8.40. The SMILES string of the molecule is CC[C@H](C)c1ccccc1NC(=O)Cn1c(C)nc2ccccc21. The van der Waals surface area contributed by atoms with Gasteiger partial charge in [-0.05, 0) is 43.0 Å². The standard InChI is InChI=1S/C20H23N3O/c1-4-14(2)16-9-5-6-10-17(16)22-20(24)13-23-15(3)21-18-11-7-8-12-19(18)23/h5-12,14H,4,13H2,1-3H3,(H,22,24)/t14-/m0/s1. The van der Waals surface area contributed by atoms with Crippen LogP contribution in [0.4, 0.5) is 5.69 Å². The summed E-state index contributed by atoms with van der Waals surface area (Å²) in [7, 11) is 0. The third-order valence-electron chi connectivity index (χ3n) is 4.53. The van der Waals surface area contributed by atoms with Gasteiger partial charge in [0.1, 0.15) is 12.4 Å². The zero-order chi connectivity index (χ0) is 17.1. The van der Waals surface area contributed by atoms with Gasteiger partial charge in [-0.15, -0.1) is 0 Å². The monoisotopic (exact) mass is 321 g/mol. The number of hydrogen-bond acceptors (Lipinski definition) is 2. The van der Waals surface area contributed by atoms with Crippen molar-refractivity contribution in [2.75, 3.05) is 5.32 Å². The topological polar surface area (TPSA) is 46.9 Å². The average molecular weight is 321 g/mol. The predicted molar refractivity (Wildman–Crippen MR) is 98.2 cm³/mol. The van der Waals surface area contributed by atoms with Crippen molar-refractivity contribution in [2.45, 2.75) is 39.7 Å². The molecule has 1 amide bonds.